The highest BCUT2D eigenvalue weighted by Gasteiger charge is 2.09. The molecule has 0 aliphatic rings. The van der Waals surface area contributed by atoms with E-state index in [-0.39, 0.29) is 12.8 Å². The number of nitriles is 1. The van der Waals surface area contributed by atoms with Crippen LogP contribution in [0.4, 0.5) is 0 Å². The molecule has 56 valence electrons. The minimum absolute atomic E-state index is 0.0326. The Morgan fingerprint density at radius 2 is 2.50 bits per heavy atom. The Bertz CT molecular complexity index is 150. The lowest BCUT2D eigenvalue weighted by Gasteiger charge is -2.02. The number of aliphatic hydroxyl groups excluding tert-OH is 1. The van der Waals surface area contributed by atoms with E-state index in [0.29, 0.717) is 0 Å². The molecule has 0 aromatic rings. The molecule has 0 heterocycles. The van der Waals surface area contributed by atoms with Gasteiger partial charge in [-0.05, 0) is 0 Å². The number of esters is 1. The lowest BCUT2D eigenvalue weighted by Crippen LogP contribution is -2.13. The maximum absolute atomic E-state index is 10.4. The molecule has 0 fully saturated rings. The molecule has 0 spiro atoms. The molecular formula is C6H9NO3. The van der Waals surface area contributed by atoms with Gasteiger partial charge < -0.3 is 9.84 Å². The van der Waals surface area contributed by atoms with Crippen molar-refractivity contribution < 1.29 is 14.6 Å². The molecule has 0 aromatic heterocycles. The Hall–Kier alpha value is -1.08. The van der Waals surface area contributed by atoms with Crippen LogP contribution in [0.3, 0.4) is 0 Å². The standard InChI is InChI=1S/C6H9NO3/c1-10-6(9)4-5(8)2-3-7/h5,8H,2,4H2,1H3. The van der Waals surface area contributed by atoms with Gasteiger partial charge in [-0.2, -0.15) is 5.26 Å². The highest BCUT2D eigenvalue weighted by Crippen LogP contribution is 1.96. The third-order valence-electron chi connectivity index (χ3n) is 0.957. The van der Waals surface area contributed by atoms with Crippen molar-refractivity contribution in [3.8, 4) is 6.07 Å². The van der Waals surface area contributed by atoms with Crippen molar-refractivity contribution in [3.63, 3.8) is 0 Å². The Balaban J connectivity index is 3.49. The monoisotopic (exact) mass is 143 g/mol. The fraction of sp³-hybridized carbons (Fsp3) is 0.667. The van der Waals surface area contributed by atoms with Crippen LogP contribution in [0.5, 0.6) is 0 Å². The van der Waals surface area contributed by atoms with E-state index < -0.39 is 12.1 Å². The van der Waals surface area contributed by atoms with Crippen molar-refractivity contribution in [1.29, 1.82) is 5.26 Å². The second-order valence-corrected chi connectivity index (χ2v) is 1.80. The van der Waals surface area contributed by atoms with E-state index in [4.69, 9.17) is 10.4 Å². The molecular weight excluding hydrogens is 134 g/mol. The second kappa shape index (κ2) is 4.77. The molecule has 0 saturated heterocycles. The van der Waals surface area contributed by atoms with Gasteiger partial charge in [-0.15, -0.1) is 0 Å². The summed E-state index contributed by atoms with van der Waals surface area (Å²) >= 11 is 0. The molecule has 1 N–H and O–H groups in total. The van der Waals surface area contributed by atoms with Gasteiger partial charge in [0.2, 0.25) is 0 Å². The first-order valence-corrected chi connectivity index (χ1v) is 2.82. The third-order valence-corrected chi connectivity index (χ3v) is 0.957. The summed E-state index contributed by atoms with van der Waals surface area (Å²) in [7, 11) is 1.24. The smallest absolute Gasteiger partial charge is 0.308 e. The van der Waals surface area contributed by atoms with E-state index >= 15 is 0 Å². The third kappa shape index (κ3) is 3.87. The van der Waals surface area contributed by atoms with Crippen molar-refractivity contribution in [3.05, 3.63) is 0 Å². The Morgan fingerprint density at radius 1 is 1.90 bits per heavy atom. The molecule has 10 heavy (non-hydrogen) atoms. The van der Waals surface area contributed by atoms with E-state index in [0.717, 1.165) is 0 Å². The van der Waals surface area contributed by atoms with Crippen molar-refractivity contribution >= 4 is 5.97 Å². The van der Waals surface area contributed by atoms with Crippen LogP contribution in [0.2, 0.25) is 0 Å². The lowest BCUT2D eigenvalue weighted by atomic mass is 10.2. The van der Waals surface area contributed by atoms with Crippen LogP contribution in [-0.2, 0) is 9.53 Å². The number of ether oxygens (including phenoxy) is 1. The van der Waals surface area contributed by atoms with E-state index in [9.17, 15) is 4.79 Å². The van der Waals surface area contributed by atoms with Crippen molar-refractivity contribution in [1.82, 2.24) is 0 Å². The van der Waals surface area contributed by atoms with Gasteiger partial charge >= 0.3 is 5.97 Å². The number of aliphatic hydroxyl groups is 1. The summed E-state index contributed by atoms with van der Waals surface area (Å²) in [5.74, 6) is -0.497. The second-order valence-electron chi connectivity index (χ2n) is 1.80. The first kappa shape index (κ1) is 8.92. The summed E-state index contributed by atoms with van der Waals surface area (Å²) in [6.07, 6.45) is -1.03. The van der Waals surface area contributed by atoms with Crippen LogP contribution in [0, 0.1) is 11.3 Å². The maximum Gasteiger partial charge on any atom is 0.308 e. The summed E-state index contributed by atoms with van der Waals surface area (Å²) in [5.41, 5.74) is 0. The van der Waals surface area contributed by atoms with Crippen LogP contribution < -0.4 is 0 Å². The fourth-order valence-corrected chi connectivity index (χ4v) is 0.453. The molecule has 4 nitrogen and oxygen atoms in total. The van der Waals surface area contributed by atoms with Gasteiger partial charge in [-0.3, -0.25) is 4.79 Å². The quantitative estimate of drug-likeness (QED) is 0.556. The number of nitrogens with zero attached hydrogens (tertiary/aromatic N) is 1. The molecule has 1 unspecified atom stereocenters. The summed E-state index contributed by atoms with van der Waals surface area (Å²) < 4.78 is 4.26. The zero-order valence-corrected chi connectivity index (χ0v) is 5.70. The largest absolute Gasteiger partial charge is 0.469 e. The predicted molar refractivity (Wildman–Crippen MR) is 32.9 cm³/mol. The highest BCUT2D eigenvalue weighted by molar-refractivity contribution is 5.69. The topological polar surface area (TPSA) is 70.3 Å². The maximum atomic E-state index is 10.4. The lowest BCUT2D eigenvalue weighted by molar-refractivity contribution is -0.142. The summed E-state index contributed by atoms with van der Waals surface area (Å²) in [6.45, 7) is 0. The van der Waals surface area contributed by atoms with Crippen LogP contribution in [-0.4, -0.2) is 24.3 Å². The number of carbonyl (C=O) groups is 1. The van der Waals surface area contributed by atoms with Crippen LogP contribution in [0.1, 0.15) is 12.8 Å². The molecule has 1 atom stereocenters. The normalized spacial score (nSPS) is 11.7. The zero-order valence-electron chi connectivity index (χ0n) is 5.70. The van der Waals surface area contributed by atoms with Crippen LogP contribution in [0.15, 0.2) is 0 Å². The molecule has 0 saturated carbocycles. The molecule has 0 aliphatic heterocycles. The SMILES string of the molecule is COC(=O)CC(O)CC#N. The number of hydrogen-bond donors (Lipinski definition) is 1. The Morgan fingerprint density at radius 3 is 2.90 bits per heavy atom. The van der Waals surface area contributed by atoms with Gasteiger partial charge in [0.1, 0.15) is 0 Å². The average molecular weight is 143 g/mol. The van der Waals surface area contributed by atoms with E-state index in [1.807, 2.05) is 0 Å². The molecule has 0 bridgehead atoms. The van der Waals surface area contributed by atoms with Gasteiger partial charge in [0.25, 0.3) is 0 Å². The minimum atomic E-state index is -0.891. The summed E-state index contributed by atoms with van der Waals surface area (Å²) in [4.78, 5) is 10.4. The minimum Gasteiger partial charge on any atom is -0.469 e. The van der Waals surface area contributed by atoms with Crippen molar-refractivity contribution in [2.75, 3.05) is 7.11 Å². The zero-order chi connectivity index (χ0) is 7.98. The summed E-state index contributed by atoms with van der Waals surface area (Å²) in [5, 5.41) is 16.9. The molecule has 0 aromatic carbocycles. The van der Waals surface area contributed by atoms with Crippen LogP contribution in [0.25, 0.3) is 0 Å². The summed E-state index contributed by atoms with van der Waals surface area (Å²) in [6, 6.07) is 1.74. The van der Waals surface area contributed by atoms with Crippen molar-refractivity contribution in [2.24, 2.45) is 0 Å². The van der Waals surface area contributed by atoms with Gasteiger partial charge in [0.05, 0.1) is 32.1 Å². The molecule has 0 amide bonds. The average Bonchev–Trinajstić information content (AvgIpc) is 1.88. The van der Waals surface area contributed by atoms with Gasteiger partial charge in [-0.25, -0.2) is 0 Å². The number of hydrogen-bond acceptors (Lipinski definition) is 4. The molecule has 4 heteroatoms. The molecule has 0 radical (unpaired) electrons. The molecule has 0 aliphatic carbocycles. The fourth-order valence-electron chi connectivity index (χ4n) is 0.453. The first-order chi connectivity index (χ1) is 4.70. The van der Waals surface area contributed by atoms with E-state index in [1.54, 1.807) is 6.07 Å². The Kier molecular flexibility index (Phi) is 4.25. The Labute approximate surface area is 59.0 Å². The highest BCUT2D eigenvalue weighted by atomic mass is 16.5. The van der Waals surface area contributed by atoms with Gasteiger partial charge in [-0.1, -0.05) is 0 Å². The number of rotatable bonds is 3. The van der Waals surface area contributed by atoms with Gasteiger partial charge in [0, 0.05) is 0 Å². The number of carbonyl (C=O) groups excluding carboxylic acids is 1. The van der Waals surface area contributed by atoms with E-state index in [2.05, 4.69) is 4.74 Å². The van der Waals surface area contributed by atoms with Crippen molar-refractivity contribution in [2.45, 2.75) is 18.9 Å². The predicted octanol–water partition coefficient (Wildman–Crippen LogP) is -0.176. The van der Waals surface area contributed by atoms with Crippen LogP contribution >= 0.6 is 0 Å². The molecule has 0 rings (SSSR count). The van der Waals surface area contributed by atoms with Gasteiger partial charge in [0.15, 0.2) is 0 Å². The first-order valence-electron chi connectivity index (χ1n) is 2.82. The number of methoxy groups -OCH3 is 1. The van der Waals surface area contributed by atoms with E-state index in [1.165, 1.54) is 7.11 Å².